The Balaban J connectivity index is 0.00000150. The summed E-state index contributed by atoms with van der Waals surface area (Å²) in [7, 11) is -5.23. The Labute approximate surface area is 222 Å². The maximum atomic E-state index is 11.5. The Hall–Kier alpha value is 0.0500. The van der Waals surface area contributed by atoms with E-state index in [9.17, 15) is 14.4 Å². The summed E-state index contributed by atoms with van der Waals surface area (Å²) in [4.78, 5) is 25.7. The molecular formula is C20H13Na2O4PS2. The van der Waals surface area contributed by atoms with E-state index >= 15 is 0 Å². The number of fused-ring (bicyclic) bond motifs is 2. The van der Waals surface area contributed by atoms with Crippen LogP contribution in [0.5, 0.6) is 0 Å². The number of hydrogen-bond donors (Lipinski definition) is 0. The summed E-state index contributed by atoms with van der Waals surface area (Å²) in [5.41, 5.74) is 2.29. The fourth-order valence-corrected chi connectivity index (χ4v) is 5.46. The molecule has 0 amide bonds. The van der Waals surface area contributed by atoms with Gasteiger partial charge < -0.3 is 18.9 Å². The molecule has 3 aromatic rings. The second-order valence-electron chi connectivity index (χ2n) is 5.71. The molecule has 0 radical (unpaired) electrons. The summed E-state index contributed by atoms with van der Waals surface area (Å²) in [5.74, 6) is 0. The van der Waals surface area contributed by atoms with Crippen molar-refractivity contribution < 1.29 is 78.0 Å². The first-order chi connectivity index (χ1) is 13.0. The fourth-order valence-electron chi connectivity index (χ4n) is 2.82. The first kappa shape index (κ1) is 25.3. The van der Waals surface area contributed by atoms with Crippen LogP contribution in [0.3, 0.4) is 0 Å². The minimum atomic E-state index is -5.23. The fraction of sp³-hybridized carbons (Fsp3) is 0. The Morgan fingerprint density at radius 1 is 0.793 bits per heavy atom. The van der Waals surface area contributed by atoms with E-state index in [1.54, 1.807) is 11.8 Å². The van der Waals surface area contributed by atoms with Gasteiger partial charge in [0.2, 0.25) is 0 Å². The van der Waals surface area contributed by atoms with E-state index in [0.717, 1.165) is 37.6 Å². The number of benzene rings is 3. The summed E-state index contributed by atoms with van der Waals surface area (Å²) in [6, 6.07) is 24.6. The van der Waals surface area contributed by atoms with Gasteiger partial charge in [0.25, 0.3) is 0 Å². The first-order valence-electron chi connectivity index (χ1n) is 8.07. The van der Waals surface area contributed by atoms with Gasteiger partial charge in [-0.2, -0.15) is 0 Å². The summed E-state index contributed by atoms with van der Waals surface area (Å²) in [6.45, 7) is 0. The maximum absolute atomic E-state index is 11.5. The van der Waals surface area contributed by atoms with Gasteiger partial charge in [-0.1, -0.05) is 78.1 Å². The van der Waals surface area contributed by atoms with Gasteiger partial charge in [-0.15, -0.1) is 0 Å². The zero-order chi connectivity index (χ0) is 18.9. The molecule has 3 aromatic carbocycles. The molecule has 1 aliphatic rings. The molecule has 0 saturated carbocycles. The third kappa shape index (κ3) is 6.28. The molecule has 0 fully saturated rings. The van der Waals surface area contributed by atoms with Gasteiger partial charge in [-0.25, -0.2) is 0 Å². The van der Waals surface area contributed by atoms with E-state index in [1.807, 2.05) is 78.9 Å². The SMILES string of the molecule is O=P([O-])([O-])OC(Sc1ccccc1)=C1c2ccccc2Sc2ccccc21.[Na+].[Na+]. The van der Waals surface area contributed by atoms with Crippen LogP contribution in [0, 0.1) is 0 Å². The molecule has 1 aliphatic heterocycles. The molecule has 0 N–H and O–H groups in total. The Morgan fingerprint density at radius 2 is 1.28 bits per heavy atom. The molecule has 0 saturated heterocycles. The molecule has 1 heterocycles. The van der Waals surface area contributed by atoms with Crippen molar-refractivity contribution in [1.82, 2.24) is 0 Å². The topological polar surface area (TPSA) is 72.4 Å². The smallest absolute Gasteiger partial charge is 0.780 e. The molecule has 0 aliphatic carbocycles. The van der Waals surface area contributed by atoms with Crippen LogP contribution in [-0.2, 0) is 9.09 Å². The number of phosphoric ester groups is 1. The minimum Gasteiger partial charge on any atom is -0.780 e. The average molecular weight is 458 g/mol. The van der Waals surface area contributed by atoms with Crippen molar-refractivity contribution in [3.8, 4) is 0 Å². The molecule has 29 heavy (non-hydrogen) atoms. The second-order valence-corrected chi connectivity index (χ2v) is 8.92. The van der Waals surface area contributed by atoms with Crippen LogP contribution < -0.4 is 68.9 Å². The van der Waals surface area contributed by atoms with Gasteiger partial charge in [-0.3, -0.25) is 0 Å². The molecule has 4 rings (SSSR count). The van der Waals surface area contributed by atoms with Gasteiger partial charge in [0.05, 0.1) is 0 Å². The first-order valence-corrected chi connectivity index (χ1v) is 11.2. The molecule has 9 heteroatoms. The molecular weight excluding hydrogens is 445 g/mol. The van der Waals surface area contributed by atoms with Crippen molar-refractivity contribution in [1.29, 1.82) is 0 Å². The third-order valence-corrected chi connectivity index (χ3v) is 6.55. The van der Waals surface area contributed by atoms with Crippen molar-refractivity contribution in [3.05, 3.63) is 95.1 Å². The Kier molecular flexibility index (Phi) is 9.67. The van der Waals surface area contributed by atoms with E-state index in [4.69, 9.17) is 4.52 Å². The zero-order valence-corrected chi connectivity index (χ0v) is 22.4. The van der Waals surface area contributed by atoms with Crippen LogP contribution in [0.4, 0.5) is 0 Å². The summed E-state index contributed by atoms with van der Waals surface area (Å²) >= 11 is 2.73. The van der Waals surface area contributed by atoms with Crippen molar-refractivity contribution in [2.24, 2.45) is 0 Å². The molecule has 136 valence electrons. The third-order valence-electron chi connectivity index (χ3n) is 3.89. The van der Waals surface area contributed by atoms with Crippen molar-refractivity contribution in [2.75, 3.05) is 0 Å². The van der Waals surface area contributed by atoms with E-state index in [0.29, 0.717) is 5.57 Å². The quantitative estimate of drug-likeness (QED) is 0.161. The largest absolute Gasteiger partial charge is 1.00 e. The van der Waals surface area contributed by atoms with Crippen LogP contribution >= 0.6 is 31.3 Å². The molecule has 0 bridgehead atoms. The number of phosphoric acid groups is 1. The van der Waals surface area contributed by atoms with E-state index < -0.39 is 7.82 Å². The van der Waals surface area contributed by atoms with Crippen LogP contribution in [0.15, 0.2) is 98.6 Å². The number of thioether (sulfide) groups is 1. The second kappa shape index (κ2) is 11.1. The molecule has 0 atom stereocenters. The summed E-state index contributed by atoms with van der Waals surface area (Å²) in [5, 5.41) is 0.0646. The molecule has 0 aromatic heterocycles. The van der Waals surface area contributed by atoms with Crippen molar-refractivity contribution in [2.45, 2.75) is 14.7 Å². The normalized spacial score (nSPS) is 12.0. The van der Waals surface area contributed by atoms with E-state index in [-0.39, 0.29) is 64.2 Å². The standard InChI is InChI=1S/C20H15O4PS2.2Na/c21-25(22,23)24-20(26-14-8-2-1-3-9-14)19-15-10-4-6-12-17(15)27-18-13-7-5-11-16(18)19;;/h1-13H,(H2,21,22,23);;/q;2*+1/p-2. The van der Waals surface area contributed by atoms with Gasteiger partial charge in [0, 0.05) is 31.4 Å². The molecule has 4 nitrogen and oxygen atoms in total. The summed E-state index contributed by atoms with van der Waals surface area (Å²) in [6.07, 6.45) is 0. The van der Waals surface area contributed by atoms with Crippen LogP contribution in [0.25, 0.3) is 5.57 Å². The van der Waals surface area contributed by atoms with Crippen molar-refractivity contribution >= 4 is 36.9 Å². The van der Waals surface area contributed by atoms with Crippen LogP contribution in [0.2, 0.25) is 0 Å². The Morgan fingerprint density at radius 3 is 1.79 bits per heavy atom. The number of rotatable bonds is 4. The van der Waals surface area contributed by atoms with Gasteiger partial charge in [0.1, 0.15) is 7.82 Å². The summed E-state index contributed by atoms with van der Waals surface area (Å²) < 4.78 is 16.5. The zero-order valence-electron chi connectivity index (χ0n) is 15.9. The number of hydrogen-bond acceptors (Lipinski definition) is 6. The predicted octanol–water partition coefficient (Wildman–Crippen LogP) is -1.49. The van der Waals surface area contributed by atoms with Crippen molar-refractivity contribution in [3.63, 3.8) is 0 Å². The van der Waals surface area contributed by atoms with E-state index in [1.165, 1.54) is 0 Å². The monoisotopic (exact) mass is 458 g/mol. The van der Waals surface area contributed by atoms with Crippen LogP contribution in [-0.4, -0.2) is 0 Å². The van der Waals surface area contributed by atoms with Crippen LogP contribution in [0.1, 0.15) is 11.1 Å². The molecule has 0 unspecified atom stereocenters. The molecule has 0 spiro atoms. The average Bonchev–Trinajstić information content (AvgIpc) is 2.65. The predicted molar refractivity (Wildman–Crippen MR) is 104 cm³/mol. The minimum absolute atomic E-state index is 0. The van der Waals surface area contributed by atoms with Gasteiger partial charge in [0.15, 0.2) is 5.09 Å². The van der Waals surface area contributed by atoms with Gasteiger partial charge >= 0.3 is 59.1 Å². The maximum Gasteiger partial charge on any atom is 1.00 e. The Bertz CT molecular complexity index is 1020. The van der Waals surface area contributed by atoms with Gasteiger partial charge in [-0.05, 0) is 24.3 Å². The van der Waals surface area contributed by atoms with E-state index in [2.05, 4.69) is 0 Å².